The molecular weight excluding hydrogens is 234 g/mol. The van der Waals surface area contributed by atoms with E-state index in [0.717, 1.165) is 0 Å². The minimum absolute atomic E-state index is 0.0738. The average molecular weight is 245 g/mol. The third kappa shape index (κ3) is 2.32. The van der Waals surface area contributed by atoms with Gasteiger partial charge in [0.2, 0.25) is 0 Å². The lowest BCUT2D eigenvalue weighted by Gasteiger charge is -2.10. The predicted octanol–water partition coefficient (Wildman–Crippen LogP) is 2.63. The van der Waals surface area contributed by atoms with Gasteiger partial charge in [-0.1, -0.05) is 12.1 Å². The molecule has 2 aromatic carbocycles. The Hall–Kier alpha value is -2.76. The van der Waals surface area contributed by atoms with Crippen LogP contribution < -0.4 is 11.1 Å². The van der Waals surface area contributed by atoms with Crippen LogP contribution in [0.15, 0.2) is 42.5 Å². The first-order chi connectivity index (χ1) is 8.58. The van der Waals surface area contributed by atoms with Crippen molar-refractivity contribution in [2.24, 2.45) is 0 Å². The van der Waals surface area contributed by atoms with Gasteiger partial charge >= 0.3 is 0 Å². The van der Waals surface area contributed by atoms with Gasteiger partial charge in [0, 0.05) is 12.1 Å². The highest BCUT2D eigenvalue weighted by molar-refractivity contribution is 5.76. The van der Waals surface area contributed by atoms with Crippen LogP contribution in [0, 0.1) is 10.1 Å². The number of benzene rings is 2. The van der Waals surface area contributed by atoms with Gasteiger partial charge in [-0.3, -0.25) is 10.1 Å². The third-order valence-corrected chi connectivity index (χ3v) is 2.42. The van der Waals surface area contributed by atoms with Crippen molar-refractivity contribution in [3.05, 3.63) is 52.6 Å². The molecule has 0 spiro atoms. The van der Waals surface area contributed by atoms with Crippen LogP contribution in [0.25, 0.3) is 0 Å². The number of nitro benzene ring substituents is 1. The summed E-state index contributed by atoms with van der Waals surface area (Å²) in [5.74, 6) is 0.0789. The van der Waals surface area contributed by atoms with Crippen molar-refractivity contribution in [3.63, 3.8) is 0 Å². The second-order valence-electron chi connectivity index (χ2n) is 3.67. The largest absolute Gasteiger partial charge is 0.506 e. The number of non-ortho nitro benzene ring substituents is 1. The van der Waals surface area contributed by atoms with Crippen LogP contribution in [0.1, 0.15) is 0 Å². The van der Waals surface area contributed by atoms with Crippen molar-refractivity contribution >= 4 is 22.7 Å². The highest BCUT2D eigenvalue weighted by Crippen LogP contribution is 2.30. The Kier molecular flexibility index (Phi) is 3.01. The molecule has 0 saturated heterocycles. The average Bonchev–Trinajstić information content (AvgIpc) is 2.34. The molecule has 0 amide bonds. The molecule has 0 aliphatic heterocycles. The Labute approximate surface area is 103 Å². The lowest BCUT2D eigenvalue weighted by molar-refractivity contribution is -0.384. The molecular formula is C12H11N3O3. The first-order valence-corrected chi connectivity index (χ1v) is 5.17. The van der Waals surface area contributed by atoms with E-state index in [1.54, 1.807) is 18.2 Å². The summed E-state index contributed by atoms with van der Waals surface area (Å²) in [6, 6.07) is 10.8. The van der Waals surface area contributed by atoms with Crippen LogP contribution in [-0.4, -0.2) is 10.0 Å². The second kappa shape index (κ2) is 4.62. The van der Waals surface area contributed by atoms with E-state index in [0.29, 0.717) is 11.4 Å². The number of para-hydroxylation sites is 2. The first-order valence-electron chi connectivity index (χ1n) is 5.17. The van der Waals surface area contributed by atoms with Gasteiger partial charge in [0.15, 0.2) is 0 Å². The number of nitro groups is 1. The molecule has 6 nitrogen and oxygen atoms in total. The number of nitrogens with one attached hydrogen (secondary N) is 1. The molecule has 0 saturated carbocycles. The molecule has 0 aromatic heterocycles. The number of phenols is 1. The van der Waals surface area contributed by atoms with Crippen molar-refractivity contribution < 1.29 is 10.0 Å². The number of nitrogen functional groups attached to an aromatic ring is 1. The van der Waals surface area contributed by atoms with Crippen LogP contribution in [0.3, 0.4) is 0 Å². The molecule has 0 fully saturated rings. The molecule has 4 N–H and O–H groups in total. The van der Waals surface area contributed by atoms with E-state index >= 15 is 0 Å². The van der Waals surface area contributed by atoms with E-state index in [1.165, 1.54) is 24.3 Å². The minimum Gasteiger partial charge on any atom is -0.506 e. The van der Waals surface area contributed by atoms with E-state index in [-0.39, 0.29) is 17.1 Å². The smallest absolute Gasteiger partial charge is 0.271 e. The van der Waals surface area contributed by atoms with Gasteiger partial charge in [-0.25, -0.2) is 0 Å². The number of phenolic OH excluding ortho intramolecular Hbond substituents is 1. The fraction of sp³-hybridized carbons (Fsp3) is 0. The highest BCUT2D eigenvalue weighted by atomic mass is 16.6. The van der Waals surface area contributed by atoms with E-state index in [4.69, 9.17) is 5.73 Å². The van der Waals surface area contributed by atoms with Gasteiger partial charge in [-0.15, -0.1) is 0 Å². The van der Waals surface area contributed by atoms with Gasteiger partial charge < -0.3 is 16.2 Å². The van der Waals surface area contributed by atoms with E-state index in [9.17, 15) is 15.2 Å². The molecule has 0 heterocycles. The maximum Gasteiger partial charge on any atom is 0.271 e. The zero-order chi connectivity index (χ0) is 13.1. The highest BCUT2D eigenvalue weighted by Gasteiger charge is 2.09. The van der Waals surface area contributed by atoms with Crippen LogP contribution >= 0.6 is 0 Å². The van der Waals surface area contributed by atoms with Crippen molar-refractivity contribution in [1.82, 2.24) is 0 Å². The normalized spacial score (nSPS) is 10.0. The SMILES string of the molecule is Nc1cc([N+](=O)[O-])ccc1Nc1ccccc1O. The molecule has 0 radical (unpaired) electrons. The number of hydrogen-bond acceptors (Lipinski definition) is 5. The predicted molar refractivity (Wildman–Crippen MR) is 68.9 cm³/mol. The van der Waals surface area contributed by atoms with Crippen LogP contribution in [0.4, 0.5) is 22.7 Å². The standard InChI is InChI=1S/C12H11N3O3/c13-9-7-8(15(17)18)5-6-10(9)14-11-3-1-2-4-12(11)16/h1-7,14,16H,13H2. The number of aromatic hydroxyl groups is 1. The molecule has 0 aliphatic carbocycles. The zero-order valence-corrected chi connectivity index (χ0v) is 9.33. The van der Waals surface area contributed by atoms with Gasteiger partial charge in [0.1, 0.15) is 5.75 Å². The molecule has 2 rings (SSSR count). The first kappa shape index (κ1) is 11.7. The number of nitrogens with zero attached hydrogens (tertiary/aromatic N) is 1. The Balaban J connectivity index is 2.30. The Bertz CT molecular complexity index is 599. The quantitative estimate of drug-likeness (QED) is 0.334. The molecule has 92 valence electrons. The zero-order valence-electron chi connectivity index (χ0n) is 9.33. The number of nitrogens with two attached hydrogens (primary N) is 1. The third-order valence-electron chi connectivity index (χ3n) is 2.42. The summed E-state index contributed by atoms with van der Waals surface area (Å²) in [5.41, 5.74) is 6.86. The lowest BCUT2D eigenvalue weighted by atomic mass is 10.2. The fourth-order valence-corrected chi connectivity index (χ4v) is 1.50. The summed E-state index contributed by atoms with van der Waals surface area (Å²) >= 11 is 0. The van der Waals surface area contributed by atoms with Gasteiger partial charge in [-0.05, 0) is 18.2 Å². The number of rotatable bonds is 3. The summed E-state index contributed by atoms with van der Waals surface area (Å²) in [7, 11) is 0. The lowest BCUT2D eigenvalue weighted by Crippen LogP contribution is -1.98. The monoisotopic (exact) mass is 245 g/mol. The topological polar surface area (TPSA) is 101 Å². The fourth-order valence-electron chi connectivity index (χ4n) is 1.50. The van der Waals surface area contributed by atoms with E-state index in [2.05, 4.69) is 5.32 Å². The van der Waals surface area contributed by atoms with E-state index < -0.39 is 4.92 Å². The van der Waals surface area contributed by atoms with Crippen LogP contribution in [-0.2, 0) is 0 Å². The van der Waals surface area contributed by atoms with Gasteiger partial charge in [0.05, 0.1) is 22.0 Å². The second-order valence-corrected chi connectivity index (χ2v) is 3.67. The molecule has 6 heteroatoms. The molecule has 0 atom stereocenters. The maximum absolute atomic E-state index is 10.6. The Morgan fingerprint density at radius 3 is 2.50 bits per heavy atom. The summed E-state index contributed by atoms with van der Waals surface area (Å²) in [6.07, 6.45) is 0. The van der Waals surface area contributed by atoms with Gasteiger partial charge in [-0.2, -0.15) is 0 Å². The molecule has 0 aliphatic rings. The van der Waals surface area contributed by atoms with E-state index in [1.807, 2.05) is 0 Å². The van der Waals surface area contributed by atoms with Crippen LogP contribution in [0.5, 0.6) is 5.75 Å². The summed E-state index contributed by atoms with van der Waals surface area (Å²) in [6.45, 7) is 0. The van der Waals surface area contributed by atoms with Crippen molar-refractivity contribution in [2.75, 3.05) is 11.1 Å². The Morgan fingerprint density at radius 1 is 1.17 bits per heavy atom. The summed E-state index contributed by atoms with van der Waals surface area (Å²) < 4.78 is 0. The van der Waals surface area contributed by atoms with Crippen molar-refractivity contribution in [2.45, 2.75) is 0 Å². The Morgan fingerprint density at radius 2 is 1.89 bits per heavy atom. The molecule has 2 aromatic rings. The summed E-state index contributed by atoms with van der Waals surface area (Å²) in [5, 5.41) is 23.1. The maximum atomic E-state index is 10.6. The van der Waals surface area contributed by atoms with Gasteiger partial charge in [0.25, 0.3) is 5.69 Å². The molecule has 0 bridgehead atoms. The van der Waals surface area contributed by atoms with Crippen molar-refractivity contribution in [1.29, 1.82) is 0 Å². The number of hydrogen-bond donors (Lipinski definition) is 3. The van der Waals surface area contributed by atoms with Crippen LogP contribution in [0.2, 0.25) is 0 Å². The number of anilines is 3. The minimum atomic E-state index is -0.514. The summed E-state index contributed by atoms with van der Waals surface area (Å²) in [4.78, 5) is 10.1. The van der Waals surface area contributed by atoms with Crippen molar-refractivity contribution in [3.8, 4) is 5.75 Å². The molecule has 18 heavy (non-hydrogen) atoms. The molecule has 0 unspecified atom stereocenters.